The minimum atomic E-state index is -0.519. The Balaban J connectivity index is 1.54. The van der Waals surface area contributed by atoms with Gasteiger partial charge in [-0.15, -0.1) is 23.5 Å². The summed E-state index contributed by atoms with van der Waals surface area (Å²) in [6, 6.07) is 16.5. The fraction of sp³-hybridized carbons (Fsp3) is 0.148. The number of thioether (sulfide) groups is 2. The van der Waals surface area contributed by atoms with Crippen molar-refractivity contribution >= 4 is 34.5 Å². The Hall–Kier alpha value is -3.89. The number of hydrogen-bond acceptors (Lipinski definition) is 8. The SMILES string of the molecule is CCSc1cc(O)n(-c2ccc(-c3cc4cc(-n5c(O)cc(SCC)c5O)ccc4oc3=O)cc2)c1O. The van der Waals surface area contributed by atoms with E-state index in [1.165, 1.54) is 44.8 Å². The van der Waals surface area contributed by atoms with Crippen molar-refractivity contribution in [3.05, 3.63) is 71.1 Å². The summed E-state index contributed by atoms with van der Waals surface area (Å²) in [7, 11) is 0. The number of benzene rings is 2. The summed E-state index contributed by atoms with van der Waals surface area (Å²) >= 11 is 2.84. The molecule has 37 heavy (non-hydrogen) atoms. The Kier molecular flexibility index (Phi) is 6.61. The first-order valence-electron chi connectivity index (χ1n) is 11.5. The van der Waals surface area contributed by atoms with E-state index >= 15 is 0 Å². The van der Waals surface area contributed by atoms with E-state index in [2.05, 4.69) is 0 Å². The largest absolute Gasteiger partial charge is 0.494 e. The average molecular weight is 537 g/mol. The fourth-order valence-corrected chi connectivity index (χ4v) is 5.64. The molecule has 2 aromatic carbocycles. The van der Waals surface area contributed by atoms with Gasteiger partial charge in [-0.1, -0.05) is 26.0 Å². The Morgan fingerprint density at radius 3 is 1.84 bits per heavy atom. The fourth-order valence-electron chi connectivity index (χ4n) is 4.20. The first kappa shape index (κ1) is 24.8. The van der Waals surface area contributed by atoms with Crippen LogP contribution >= 0.6 is 23.5 Å². The average Bonchev–Trinajstić information content (AvgIpc) is 3.32. The van der Waals surface area contributed by atoms with Gasteiger partial charge in [-0.05, 0) is 53.5 Å². The second-order valence-electron chi connectivity index (χ2n) is 8.13. The lowest BCUT2D eigenvalue weighted by molar-refractivity contribution is 0.397. The van der Waals surface area contributed by atoms with E-state index in [0.717, 1.165) is 11.5 Å². The van der Waals surface area contributed by atoms with Gasteiger partial charge in [-0.2, -0.15) is 0 Å². The highest BCUT2D eigenvalue weighted by Crippen LogP contribution is 2.39. The first-order valence-corrected chi connectivity index (χ1v) is 13.5. The molecule has 3 heterocycles. The van der Waals surface area contributed by atoms with Gasteiger partial charge in [-0.25, -0.2) is 4.79 Å². The lowest BCUT2D eigenvalue weighted by Gasteiger charge is -2.10. The summed E-state index contributed by atoms with van der Waals surface area (Å²) in [5, 5.41) is 42.4. The van der Waals surface area contributed by atoms with Gasteiger partial charge in [0.05, 0.1) is 26.7 Å². The molecule has 5 rings (SSSR count). The Labute approximate surface area is 220 Å². The molecule has 0 aliphatic heterocycles. The van der Waals surface area contributed by atoms with Gasteiger partial charge in [0.15, 0.2) is 11.8 Å². The molecule has 0 bridgehead atoms. The minimum absolute atomic E-state index is 0.0492. The summed E-state index contributed by atoms with van der Waals surface area (Å²) in [5.41, 5.74) is 1.81. The van der Waals surface area contributed by atoms with Crippen molar-refractivity contribution in [3.63, 3.8) is 0 Å². The molecular weight excluding hydrogens is 512 g/mol. The maximum atomic E-state index is 12.8. The molecule has 190 valence electrons. The molecule has 5 aromatic rings. The van der Waals surface area contributed by atoms with Crippen molar-refractivity contribution in [1.82, 2.24) is 9.13 Å². The van der Waals surface area contributed by atoms with Crippen LogP contribution in [0.3, 0.4) is 0 Å². The van der Waals surface area contributed by atoms with Gasteiger partial charge in [0.25, 0.3) is 0 Å². The molecule has 0 radical (unpaired) electrons. The second-order valence-corrected chi connectivity index (χ2v) is 10.7. The van der Waals surface area contributed by atoms with Gasteiger partial charge in [0.2, 0.25) is 11.8 Å². The molecule has 0 amide bonds. The third kappa shape index (κ3) is 4.42. The molecule has 0 spiro atoms. The molecule has 0 atom stereocenters. The molecule has 0 aliphatic rings. The van der Waals surface area contributed by atoms with Gasteiger partial charge >= 0.3 is 5.63 Å². The van der Waals surface area contributed by atoms with Crippen molar-refractivity contribution in [3.8, 4) is 46.0 Å². The van der Waals surface area contributed by atoms with E-state index in [1.54, 1.807) is 48.5 Å². The third-order valence-corrected chi connectivity index (χ3v) is 7.65. The van der Waals surface area contributed by atoms with E-state index < -0.39 is 5.63 Å². The smallest absolute Gasteiger partial charge is 0.344 e. The van der Waals surface area contributed by atoms with Crippen molar-refractivity contribution in [2.24, 2.45) is 0 Å². The summed E-state index contributed by atoms with van der Waals surface area (Å²) in [5.74, 6) is 1.19. The van der Waals surface area contributed by atoms with Crippen molar-refractivity contribution in [2.45, 2.75) is 23.6 Å². The lowest BCUT2D eigenvalue weighted by Crippen LogP contribution is -2.03. The minimum Gasteiger partial charge on any atom is -0.494 e. The predicted molar refractivity (Wildman–Crippen MR) is 146 cm³/mol. The molecule has 0 saturated heterocycles. The lowest BCUT2D eigenvalue weighted by atomic mass is 10.1. The summed E-state index contributed by atoms with van der Waals surface area (Å²) < 4.78 is 8.21. The topological polar surface area (TPSA) is 121 Å². The molecule has 8 nitrogen and oxygen atoms in total. The zero-order valence-electron chi connectivity index (χ0n) is 20.0. The van der Waals surface area contributed by atoms with E-state index in [-0.39, 0.29) is 23.5 Å². The highest BCUT2D eigenvalue weighted by atomic mass is 32.2. The molecule has 3 aromatic heterocycles. The standard InChI is InChI=1S/C27H24N2O6S2/c1-3-36-21-13-23(30)28(25(21)32)17-7-5-15(6-8-17)19-12-16-11-18(9-10-20(16)35-27(19)34)29-24(31)14-22(26(29)33)37-4-2/h5-14,30-33H,3-4H2,1-2H3. The van der Waals surface area contributed by atoms with Gasteiger partial charge in [0.1, 0.15) is 5.58 Å². The highest BCUT2D eigenvalue weighted by Gasteiger charge is 2.18. The van der Waals surface area contributed by atoms with Crippen LogP contribution in [0.25, 0.3) is 33.5 Å². The molecule has 10 heteroatoms. The van der Waals surface area contributed by atoms with Crippen molar-refractivity contribution < 1.29 is 24.8 Å². The number of fused-ring (bicyclic) bond motifs is 1. The van der Waals surface area contributed by atoms with Crippen LogP contribution in [-0.4, -0.2) is 41.1 Å². The van der Waals surface area contributed by atoms with Crippen LogP contribution in [0.1, 0.15) is 13.8 Å². The zero-order valence-corrected chi connectivity index (χ0v) is 21.6. The van der Waals surface area contributed by atoms with E-state index in [9.17, 15) is 25.2 Å². The van der Waals surface area contributed by atoms with E-state index in [0.29, 0.717) is 43.3 Å². The molecule has 4 N–H and O–H groups in total. The Morgan fingerprint density at radius 1 is 0.730 bits per heavy atom. The van der Waals surface area contributed by atoms with Gasteiger partial charge < -0.3 is 24.8 Å². The van der Waals surface area contributed by atoms with Gasteiger partial charge in [0, 0.05) is 17.5 Å². The highest BCUT2D eigenvalue weighted by molar-refractivity contribution is 7.99. The molecule has 0 fully saturated rings. The maximum absolute atomic E-state index is 12.8. The Bertz CT molecular complexity index is 1670. The van der Waals surface area contributed by atoms with Crippen LogP contribution in [0, 0.1) is 0 Å². The Morgan fingerprint density at radius 2 is 1.27 bits per heavy atom. The van der Waals surface area contributed by atoms with Crippen LogP contribution in [-0.2, 0) is 0 Å². The molecular formula is C27H24N2O6S2. The monoisotopic (exact) mass is 536 g/mol. The van der Waals surface area contributed by atoms with E-state index in [4.69, 9.17) is 4.42 Å². The number of aromatic hydroxyl groups is 4. The van der Waals surface area contributed by atoms with E-state index in [1.807, 2.05) is 13.8 Å². The number of hydrogen-bond donors (Lipinski definition) is 4. The zero-order chi connectivity index (χ0) is 26.3. The number of rotatable bonds is 7. The summed E-state index contributed by atoms with van der Waals surface area (Å²) in [6.45, 7) is 3.91. The van der Waals surface area contributed by atoms with Crippen LogP contribution < -0.4 is 5.63 Å². The van der Waals surface area contributed by atoms with Crippen LogP contribution in [0.5, 0.6) is 23.5 Å². The third-order valence-electron chi connectivity index (χ3n) is 5.85. The predicted octanol–water partition coefficient (Wildman–Crippen LogP) is 6.09. The molecule has 0 aliphatic carbocycles. The number of nitrogens with zero attached hydrogens (tertiary/aromatic N) is 2. The maximum Gasteiger partial charge on any atom is 0.344 e. The quantitative estimate of drug-likeness (QED) is 0.146. The van der Waals surface area contributed by atoms with Crippen LogP contribution in [0.15, 0.2) is 79.7 Å². The normalized spacial score (nSPS) is 11.4. The first-order chi connectivity index (χ1) is 17.8. The van der Waals surface area contributed by atoms with Crippen LogP contribution in [0.4, 0.5) is 0 Å². The summed E-state index contributed by atoms with van der Waals surface area (Å²) in [6.07, 6.45) is 0. The van der Waals surface area contributed by atoms with Gasteiger partial charge in [-0.3, -0.25) is 9.13 Å². The second kappa shape index (κ2) is 9.87. The van der Waals surface area contributed by atoms with Crippen molar-refractivity contribution in [1.29, 1.82) is 0 Å². The van der Waals surface area contributed by atoms with Crippen molar-refractivity contribution in [2.75, 3.05) is 11.5 Å². The van der Waals surface area contributed by atoms with Crippen LogP contribution in [0.2, 0.25) is 0 Å². The molecule has 0 unspecified atom stereocenters. The molecule has 0 saturated carbocycles. The summed E-state index contributed by atoms with van der Waals surface area (Å²) in [4.78, 5) is 13.9. The number of aromatic nitrogens is 2.